The monoisotopic (exact) mass is 196 g/mol. The zero-order chi connectivity index (χ0) is 9.99. The van der Waals surface area contributed by atoms with E-state index in [-0.39, 0.29) is 6.10 Å². The Kier molecular flexibility index (Phi) is 3.91. The van der Waals surface area contributed by atoms with Crippen molar-refractivity contribution in [2.75, 3.05) is 0 Å². The summed E-state index contributed by atoms with van der Waals surface area (Å²) < 4.78 is 16.1. The molecule has 0 heterocycles. The van der Waals surface area contributed by atoms with Gasteiger partial charge in [-0.05, 0) is 27.2 Å². The van der Waals surface area contributed by atoms with Crippen molar-refractivity contribution < 1.29 is 19.1 Å². The minimum absolute atomic E-state index is 0.313. The number of rotatable bonds is 4. The Bertz CT molecular complexity index is 184. The Morgan fingerprint density at radius 3 is 2.25 bits per heavy atom. The SMILES string of the molecule is CCC(C)OP(=O)(O)C(C)(C)O. The number of hydrogen-bond donors (Lipinski definition) is 2. The van der Waals surface area contributed by atoms with Crippen LogP contribution in [0.4, 0.5) is 0 Å². The van der Waals surface area contributed by atoms with Crippen LogP contribution in [0.25, 0.3) is 0 Å². The van der Waals surface area contributed by atoms with Crippen molar-refractivity contribution in [2.24, 2.45) is 0 Å². The van der Waals surface area contributed by atoms with Gasteiger partial charge in [0.05, 0.1) is 6.10 Å². The molecular weight excluding hydrogens is 179 g/mol. The molecule has 0 bridgehead atoms. The van der Waals surface area contributed by atoms with Crippen LogP contribution in [0.3, 0.4) is 0 Å². The molecule has 0 saturated heterocycles. The van der Waals surface area contributed by atoms with E-state index in [4.69, 9.17) is 4.52 Å². The van der Waals surface area contributed by atoms with E-state index in [9.17, 15) is 14.6 Å². The Labute approximate surface area is 73.1 Å². The molecule has 12 heavy (non-hydrogen) atoms. The minimum atomic E-state index is -3.89. The highest BCUT2D eigenvalue weighted by atomic mass is 31.2. The molecule has 2 unspecified atom stereocenters. The highest BCUT2D eigenvalue weighted by molar-refractivity contribution is 7.54. The fraction of sp³-hybridized carbons (Fsp3) is 1.00. The third-order valence-corrected chi connectivity index (χ3v) is 3.62. The molecule has 0 fully saturated rings. The van der Waals surface area contributed by atoms with Crippen molar-refractivity contribution in [1.29, 1.82) is 0 Å². The van der Waals surface area contributed by atoms with E-state index in [1.807, 2.05) is 6.92 Å². The molecule has 0 amide bonds. The topological polar surface area (TPSA) is 66.8 Å². The first kappa shape index (κ1) is 12.1. The summed E-state index contributed by atoms with van der Waals surface area (Å²) in [6.07, 6.45) is 0.327. The molecule has 0 saturated carbocycles. The van der Waals surface area contributed by atoms with Crippen molar-refractivity contribution in [3.05, 3.63) is 0 Å². The summed E-state index contributed by atoms with van der Waals surface area (Å²) in [4.78, 5) is 9.24. The smallest absolute Gasteiger partial charge is 0.359 e. The van der Waals surface area contributed by atoms with Crippen LogP contribution in [-0.2, 0) is 9.09 Å². The van der Waals surface area contributed by atoms with Crippen LogP contribution >= 0.6 is 7.60 Å². The maximum Gasteiger partial charge on any atom is 0.359 e. The van der Waals surface area contributed by atoms with Gasteiger partial charge in [-0.1, -0.05) is 6.92 Å². The molecule has 2 atom stereocenters. The third-order valence-electron chi connectivity index (χ3n) is 1.59. The van der Waals surface area contributed by atoms with Gasteiger partial charge in [0.25, 0.3) is 0 Å². The summed E-state index contributed by atoms with van der Waals surface area (Å²) >= 11 is 0. The summed E-state index contributed by atoms with van der Waals surface area (Å²) in [6.45, 7) is 6.05. The van der Waals surface area contributed by atoms with E-state index in [0.29, 0.717) is 6.42 Å². The first-order valence-electron chi connectivity index (χ1n) is 3.94. The molecule has 2 N–H and O–H groups in total. The first-order valence-corrected chi connectivity index (χ1v) is 5.52. The Morgan fingerprint density at radius 1 is 1.58 bits per heavy atom. The van der Waals surface area contributed by atoms with E-state index >= 15 is 0 Å². The molecule has 0 aliphatic carbocycles. The lowest BCUT2D eigenvalue weighted by molar-refractivity contribution is 0.0906. The molecule has 0 aromatic carbocycles. The largest absolute Gasteiger partial charge is 0.378 e. The molecular formula is C7H17O4P. The summed E-state index contributed by atoms with van der Waals surface area (Å²) in [5.74, 6) is 0. The van der Waals surface area contributed by atoms with Crippen LogP contribution in [0.15, 0.2) is 0 Å². The minimum Gasteiger partial charge on any atom is -0.378 e. The van der Waals surface area contributed by atoms with E-state index in [1.54, 1.807) is 6.92 Å². The van der Waals surface area contributed by atoms with Gasteiger partial charge in [0.1, 0.15) is 0 Å². The molecule has 0 aliphatic heterocycles. The highest BCUT2D eigenvalue weighted by Gasteiger charge is 2.39. The van der Waals surface area contributed by atoms with Gasteiger partial charge >= 0.3 is 7.60 Å². The van der Waals surface area contributed by atoms with Gasteiger partial charge in [-0.2, -0.15) is 0 Å². The van der Waals surface area contributed by atoms with Gasteiger partial charge < -0.3 is 14.5 Å². The van der Waals surface area contributed by atoms with Crippen LogP contribution in [0, 0.1) is 0 Å². The second kappa shape index (κ2) is 3.88. The lowest BCUT2D eigenvalue weighted by Crippen LogP contribution is -2.22. The van der Waals surface area contributed by atoms with Crippen molar-refractivity contribution >= 4 is 7.60 Å². The summed E-state index contributed by atoms with van der Waals surface area (Å²) in [5, 5.41) is 7.57. The second-order valence-corrected chi connectivity index (χ2v) is 5.69. The molecule has 0 rings (SSSR count). The van der Waals surface area contributed by atoms with Gasteiger partial charge in [0, 0.05) is 0 Å². The molecule has 74 valence electrons. The van der Waals surface area contributed by atoms with Crippen molar-refractivity contribution in [3.63, 3.8) is 0 Å². The van der Waals surface area contributed by atoms with Gasteiger partial charge in [-0.15, -0.1) is 0 Å². The standard InChI is InChI=1S/C7H17O4P/c1-5-6(2)11-12(9,10)7(3,4)8/h6,8H,5H2,1-4H3,(H,9,10). The van der Waals surface area contributed by atoms with Crippen molar-refractivity contribution in [1.82, 2.24) is 0 Å². The zero-order valence-electron chi connectivity index (χ0n) is 7.94. The normalized spacial score (nSPS) is 20.2. The Hall–Kier alpha value is 0.110. The first-order chi connectivity index (χ1) is 5.20. The zero-order valence-corrected chi connectivity index (χ0v) is 8.84. The number of hydrogen-bond acceptors (Lipinski definition) is 3. The number of aliphatic hydroxyl groups is 1. The van der Waals surface area contributed by atoms with E-state index in [2.05, 4.69) is 0 Å². The summed E-state index contributed by atoms with van der Waals surface area (Å²) in [7, 11) is -3.89. The molecule has 0 spiro atoms. The van der Waals surface area contributed by atoms with Gasteiger partial charge in [0.15, 0.2) is 5.34 Å². The van der Waals surface area contributed by atoms with Crippen LogP contribution in [0.5, 0.6) is 0 Å². The van der Waals surface area contributed by atoms with Gasteiger partial charge in [-0.3, -0.25) is 4.57 Å². The van der Waals surface area contributed by atoms with Crippen molar-refractivity contribution in [3.8, 4) is 0 Å². The molecule has 4 nitrogen and oxygen atoms in total. The van der Waals surface area contributed by atoms with Gasteiger partial charge in [-0.25, -0.2) is 0 Å². The maximum absolute atomic E-state index is 11.3. The molecule has 0 aromatic rings. The average molecular weight is 196 g/mol. The van der Waals surface area contributed by atoms with E-state index < -0.39 is 12.9 Å². The van der Waals surface area contributed by atoms with Crippen LogP contribution < -0.4 is 0 Å². The Balaban J connectivity index is 4.34. The fourth-order valence-corrected chi connectivity index (χ4v) is 1.34. The Morgan fingerprint density at radius 2 is 2.00 bits per heavy atom. The fourth-order valence-electron chi connectivity index (χ4n) is 0.447. The molecule has 0 aromatic heterocycles. The predicted molar refractivity (Wildman–Crippen MR) is 47.0 cm³/mol. The molecule has 0 aliphatic rings. The van der Waals surface area contributed by atoms with E-state index in [1.165, 1.54) is 13.8 Å². The average Bonchev–Trinajstić information content (AvgIpc) is 1.84. The van der Waals surface area contributed by atoms with Gasteiger partial charge in [0.2, 0.25) is 0 Å². The van der Waals surface area contributed by atoms with Crippen LogP contribution in [0.2, 0.25) is 0 Å². The molecule has 0 radical (unpaired) electrons. The van der Waals surface area contributed by atoms with Crippen LogP contribution in [-0.4, -0.2) is 21.4 Å². The highest BCUT2D eigenvalue weighted by Crippen LogP contribution is 2.54. The van der Waals surface area contributed by atoms with E-state index in [0.717, 1.165) is 0 Å². The predicted octanol–water partition coefficient (Wildman–Crippen LogP) is 1.72. The third kappa shape index (κ3) is 3.23. The van der Waals surface area contributed by atoms with Crippen LogP contribution in [0.1, 0.15) is 34.1 Å². The summed E-state index contributed by atoms with van der Waals surface area (Å²) in [5.41, 5.74) is 0. The molecule has 5 heteroatoms. The quantitative estimate of drug-likeness (QED) is 0.672. The summed E-state index contributed by atoms with van der Waals surface area (Å²) in [6, 6.07) is 0. The lowest BCUT2D eigenvalue weighted by atomic mass is 10.3. The second-order valence-electron chi connectivity index (χ2n) is 3.34. The van der Waals surface area contributed by atoms with Crippen molar-refractivity contribution in [2.45, 2.75) is 45.6 Å². The lowest BCUT2D eigenvalue weighted by Gasteiger charge is -2.26. The maximum atomic E-state index is 11.3.